The Bertz CT molecular complexity index is 453. The monoisotopic (exact) mass is 333 g/mol. The number of likely N-dealkylation sites (N-methyl/N-ethyl adjacent to an activating group) is 1. The lowest BCUT2D eigenvalue weighted by atomic mass is 10.0. The Kier molecular flexibility index (Phi) is 7.62. The predicted molar refractivity (Wildman–Crippen MR) is 89.8 cm³/mol. The number of urea groups is 1. The number of likely N-dealkylation sites (tertiary alicyclic amines) is 1. The van der Waals surface area contributed by atoms with Crippen molar-refractivity contribution in [2.24, 2.45) is 0 Å². The van der Waals surface area contributed by atoms with Crippen LogP contribution in [0.3, 0.4) is 0 Å². The Morgan fingerprint density at radius 2 is 2.05 bits per heavy atom. The molecule has 0 radical (unpaired) electrons. The molecule has 22 heavy (non-hydrogen) atoms. The van der Waals surface area contributed by atoms with Crippen molar-refractivity contribution in [3.63, 3.8) is 0 Å². The molecule has 0 unspecified atom stereocenters. The van der Waals surface area contributed by atoms with E-state index >= 15 is 0 Å². The van der Waals surface area contributed by atoms with Gasteiger partial charge in [-0.2, -0.15) is 0 Å². The third-order valence-corrected chi connectivity index (χ3v) is 5.41. The van der Waals surface area contributed by atoms with Crippen molar-refractivity contribution >= 4 is 15.9 Å². The molecule has 1 aliphatic heterocycles. The number of carbonyl (C=O) groups is 1. The summed E-state index contributed by atoms with van der Waals surface area (Å²) in [6, 6.07) is -0.0828. The Morgan fingerprint density at radius 3 is 2.59 bits per heavy atom. The highest BCUT2D eigenvalue weighted by molar-refractivity contribution is 7.90. The van der Waals surface area contributed by atoms with Gasteiger partial charge in [0.25, 0.3) is 0 Å². The van der Waals surface area contributed by atoms with Gasteiger partial charge in [0.2, 0.25) is 0 Å². The molecule has 2 amide bonds. The third kappa shape index (κ3) is 6.12. The normalized spacial score (nSPS) is 21.4. The number of rotatable bonds is 7. The lowest BCUT2D eigenvalue weighted by molar-refractivity contribution is 0.146. The number of hydrogen-bond acceptors (Lipinski definition) is 4. The SMILES string of the molecule is CCN1CCCC[C@H]1CNC(=O)N(CC)[C@@H](C)CS(C)(=O)=O. The van der Waals surface area contributed by atoms with Crippen LogP contribution in [0.15, 0.2) is 0 Å². The van der Waals surface area contributed by atoms with Crippen LogP contribution < -0.4 is 5.32 Å². The summed E-state index contributed by atoms with van der Waals surface area (Å²) >= 11 is 0. The van der Waals surface area contributed by atoms with Crippen molar-refractivity contribution in [2.75, 3.05) is 38.2 Å². The maximum absolute atomic E-state index is 12.3. The number of carbonyl (C=O) groups excluding carboxylic acids is 1. The van der Waals surface area contributed by atoms with Crippen LogP contribution in [-0.2, 0) is 9.84 Å². The average Bonchev–Trinajstić information content (AvgIpc) is 2.44. The number of piperidine rings is 1. The van der Waals surface area contributed by atoms with Crippen LogP contribution in [0.4, 0.5) is 4.79 Å². The highest BCUT2D eigenvalue weighted by Crippen LogP contribution is 2.16. The molecular formula is C15H31N3O3S. The predicted octanol–water partition coefficient (Wildman–Crippen LogP) is 1.33. The standard InChI is InChI=1S/C15H31N3O3S/c1-5-17-10-8-7-9-14(17)11-16-15(19)18(6-2)13(3)12-22(4,20)21/h13-14H,5-12H2,1-4H3,(H,16,19)/t13-,14-/m0/s1. The van der Waals surface area contributed by atoms with Crippen molar-refractivity contribution in [3.8, 4) is 0 Å². The lowest BCUT2D eigenvalue weighted by Crippen LogP contribution is -2.52. The second-order valence-corrected chi connectivity index (χ2v) is 8.38. The molecule has 0 aromatic carbocycles. The fourth-order valence-electron chi connectivity index (χ4n) is 3.20. The van der Waals surface area contributed by atoms with Crippen LogP contribution in [0, 0.1) is 0 Å². The first kappa shape index (κ1) is 19.2. The number of nitrogens with zero attached hydrogens (tertiary/aromatic N) is 2. The van der Waals surface area contributed by atoms with Crippen LogP contribution in [0.1, 0.15) is 40.0 Å². The molecule has 1 rings (SSSR count). The molecule has 0 aromatic heterocycles. The topological polar surface area (TPSA) is 69.7 Å². The van der Waals surface area contributed by atoms with E-state index in [0.29, 0.717) is 19.1 Å². The van der Waals surface area contributed by atoms with Gasteiger partial charge in [-0.15, -0.1) is 0 Å². The summed E-state index contributed by atoms with van der Waals surface area (Å²) in [6.45, 7) is 9.04. The van der Waals surface area contributed by atoms with Gasteiger partial charge in [-0.25, -0.2) is 13.2 Å². The molecule has 1 heterocycles. The van der Waals surface area contributed by atoms with Gasteiger partial charge in [-0.3, -0.25) is 4.90 Å². The van der Waals surface area contributed by atoms with E-state index in [1.54, 1.807) is 11.8 Å². The van der Waals surface area contributed by atoms with Crippen molar-refractivity contribution < 1.29 is 13.2 Å². The van der Waals surface area contributed by atoms with Crippen molar-refractivity contribution in [1.29, 1.82) is 0 Å². The van der Waals surface area contributed by atoms with Gasteiger partial charge in [0.1, 0.15) is 9.84 Å². The zero-order valence-electron chi connectivity index (χ0n) is 14.3. The molecule has 0 saturated carbocycles. The van der Waals surface area contributed by atoms with Crippen molar-refractivity contribution in [2.45, 2.75) is 52.1 Å². The first-order valence-electron chi connectivity index (χ1n) is 8.24. The molecule has 0 spiro atoms. The summed E-state index contributed by atoms with van der Waals surface area (Å²) in [7, 11) is -3.09. The highest BCUT2D eigenvalue weighted by atomic mass is 32.2. The largest absolute Gasteiger partial charge is 0.336 e. The molecule has 1 aliphatic rings. The molecule has 1 fully saturated rings. The maximum Gasteiger partial charge on any atom is 0.317 e. The van der Waals surface area contributed by atoms with E-state index in [4.69, 9.17) is 0 Å². The van der Waals surface area contributed by atoms with Crippen LogP contribution in [-0.4, -0.2) is 74.5 Å². The highest BCUT2D eigenvalue weighted by Gasteiger charge is 2.25. The average molecular weight is 333 g/mol. The minimum atomic E-state index is -3.09. The Balaban J connectivity index is 2.54. The van der Waals surface area contributed by atoms with Gasteiger partial charge >= 0.3 is 6.03 Å². The van der Waals surface area contributed by atoms with E-state index in [1.807, 2.05) is 6.92 Å². The molecule has 7 heteroatoms. The summed E-state index contributed by atoms with van der Waals surface area (Å²) in [4.78, 5) is 16.3. The third-order valence-electron chi connectivity index (χ3n) is 4.32. The second-order valence-electron chi connectivity index (χ2n) is 6.19. The summed E-state index contributed by atoms with van der Waals surface area (Å²) in [5.74, 6) is -0.00122. The Labute approximate surface area is 135 Å². The summed E-state index contributed by atoms with van der Waals surface area (Å²) in [5, 5.41) is 2.98. The zero-order valence-corrected chi connectivity index (χ0v) is 15.2. The van der Waals surface area contributed by atoms with Gasteiger partial charge in [0.15, 0.2) is 0 Å². The summed E-state index contributed by atoms with van der Waals surface area (Å²) < 4.78 is 22.8. The summed E-state index contributed by atoms with van der Waals surface area (Å²) in [5.41, 5.74) is 0. The van der Waals surface area contributed by atoms with Gasteiger partial charge < -0.3 is 10.2 Å². The number of sulfone groups is 1. The fourth-order valence-corrected chi connectivity index (χ4v) is 4.25. The van der Waals surface area contributed by atoms with Crippen molar-refractivity contribution in [1.82, 2.24) is 15.1 Å². The zero-order chi connectivity index (χ0) is 16.8. The van der Waals surface area contributed by atoms with Gasteiger partial charge in [-0.1, -0.05) is 13.3 Å². The van der Waals surface area contributed by atoms with Crippen LogP contribution in [0.2, 0.25) is 0 Å². The van der Waals surface area contributed by atoms with Gasteiger partial charge in [0.05, 0.1) is 5.75 Å². The molecule has 0 bridgehead atoms. The van der Waals surface area contributed by atoms with Gasteiger partial charge in [0, 0.05) is 31.4 Å². The maximum atomic E-state index is 12.3. The molecule has 0 aliphatic carbocycles. The second kappa shape index (κ2) is 8.72. The fraction of sp³-hybridized carbons (Fsp3) is 0.933. The van der Waals surface area contributed by atoms with E-state index in [0.717, 1.165) is 19.5 Å². The van der Waals surface area contributed by atoms with E-state index < -0.39 is 9.84 Å². The van der Waals surface area contributed by atoms with Crippen LogP contribution >= 0.6 is 0 Å². The van der Waals surface area contributed by atoms with E-state index in [-0.39, 0.29) is 17.8 Å². The first-order chi connectivity index (χ1) is 10.3. The molecule has 2 atom stereocenters. The molecule has 130 valence electrons. The Hall–Kier alpha value is -0.820. The van der Waals surface area contributed by atoms with Crippen molar-refractivity contribution in [3.05, 3.63) is 0 Å². The first-order valence-corrected chi connectivity index (χ1v) is 10.3. The molecule has 6 nitrogen and oxygen atoms in total. The summed E-state index contributed by atoms with van der Waals surface area (Å²) in [6.07, 6.45) is 4.75. The van der Waals surface area contributed by atoms with Gasteiger partial charge in [-0.05, 0) is 39.8 Å². The lowest BCUT2D eigenvalue weighted by Gasteiger charge is -2.36. The number of nitrogens with one attached hydrogen (secondary N) is 1. The molecule has 1 saturated heterocycles. The van der Waals surface area contributed by atoms with E-state index in [9.17, 15) is 13.2 Å². The Morgan fingerprint density at radius 1 is 1.36 bits per heavy atom. The van der Waals surface area contributed by atoms with E-state index in [1.165, 1.54) is 19.1 Å². The molecule has 0 aromatic rings. The minimum absolute atomic E-state index is 0.00122. The van der Waals surface area contributed by atoms with Crippen LogP contribution in [0.5, 0.6) is 0 Å². The molecule has 1 N–H and O–H groups in total. The molecular weight excluding hydrogens is 302 g/mol. The minimum Gasteiger partial charge on any atom is -0.336 e. The van der Waals surface area contributed by atoms with Crippen LogP contribution in [0.25, 0.3) is 0 Å². The quantitative estimate of drug-likeness (QED) is 0.763. The number of amides is 2. The van der Waals surface area contributed by atoms with E-state index in [2.05, 4.69) is 17.1 Å². The smallest absolute Gasteiger partial charge is 0.317 e. The number of hydrogen-bond donors (Lipinski definition) is 1.